The third-order valence-corrected chi connectivity index (χ3v) is 5.74. The van der Waals surface area contributed by atoms with Gasteiger partial charge in [0.15, 0.2) is 0 Å². The molecule has 0 aromatic carbocycles. The molecule has 1 aliphatic heterocycles. The first kappa shape index (κ1) is 24.8. The van der Waals surface area contributed by atoms with Crippen molar-refractivity contribution in [2.24, 2.45) is 4.99 Å². The zero-order valence-electron chi connectivity index (χ0n) is 19.5. The van der Waals surface area contributed by atoms with Crippen molar-refractivity contribution in [3.63, 3.8) is 0 Å². The van der Waals surface area contributed by atoms with Gasteiger partial charge in [0.2, 0.25) is 0 Å². The molecule has 1 fully saturated rings. The van der Waals surface area contributed by atoms with Crippen molar-refractivity contribution >= 4 is 31.0 Å². The Hall–Kier alpha value is -2.48. The molecule has 1 atom stereocenters. The number of rotatable bonds is 9. The number of hydrogen-bond donors (Lipinski definition) is 1. The molecule has 1 aromatic rings. The predicted octanol–water partition coefficient (Wildman–Crippen LogP) is 1.75. The Morgan fingerprint density at radius 3 is 2.52 bits per heavy atom. The summed E-state index contributed by atoms with van der Waals surface area (Å²) in [5.41, 5.74) is 5.28. The molecule has 2 heterocycles. The molecule has 168 valence electrons. The number of aliphatic imine (C=N–C) groups is 1. The molecule has 1 aliphatic rings. The molecule has 0 radical (unpaired) electrons. The van der Waals surface area contributed by atoms with Crippen LogP contribution < -0.4 is 4.90 Å². The van der Waals surface area contributed by atoms with Gasteiger partial charge in [0, 0.05) is 0 Å². The predicted molar refractivity (Wildman–Crippen MR) is 127 cm³/mol. The normalized spacial score (nSPS) is 15.0. The van der Waals surface area contributed by atoms with Gasteiger partial charge in [-0.3, -0.25) is 4.79 Å². The van der Waals surface area contributed by atoms with Crippen molar-refractivity contribution in [3.8, 4) is 0 Å². The molecule has 0 bridgehead atoms. The van der Waals surface area contributed by atoms with Gasteiger partial charge >= 0.3 is 170 Å². The monoisotopic (exact) mass is 426 g/mol. The summed E-state index contributed by atoms with van der Waals surface area (Å²) in [5, 5.41) is 9.06. The van der Waals surface area contributed by atoms with Gasteiger partial charge in [-0.1, -0.05) is 0 Å². The first-order valence-corrected chi connectivity index (χ1v) is 11.0. The fraction of sp³-hybridized carbons (Fsp3) is 0.565. The van der Waals surface area contributed by atoms with E-state index in [1.54, 1.807) is 13.1 Å². The topological polar surface area (TPSA) is 76.5 Å². The molecule has 1 N–H and O–H groups in total. The van der Waals surface area contributed by atoms with Crippen LogP contribution in [0.1, 0.15) is 38.8 Å². The van der Waals surface area contributed by atoms with Gasteiger partial charge in [-0.2, -0.15) is 0 Å². The van der Waals surface area contributed by atoms with Gasteiger partial charge in [-0.05, 0) is 0 Å². The molecule has 8 heteroatoms. The van der Waals surface area contributed by atoms with Crippen LogP contribution in [0.2, 0.25) is 0 Å². The summed E-state index contributed by atoms with van der Waals surface area (Å²) in [6.07, 6.45) is 2.81. The standard InChI is InChI=1S/C23H35BN4O3/c1-6-20-13-18(4)22(24-14-20)26-7-9-27(10-8-26)23(31)21(17(2)3)15-25-19(5)28(16-30)11-12-29/h13-16,19,29H,6-12H2,1-5H3/b25-15-. The van der Waals surface area contributed by atoms with Crippen molar-refractivity contribution in [3.05, 3.63) is 34.3 Å². The fourth-order valence-electron chi connectivity index (χ4n) is 3.72. The summed E-state index contributed by atoms with van der Waals surface area (Å²) in [6, 6.07) is 2.24. The number of hydrogen-bond acceptors (Lipinski definition) is 5. The minimum atomic E-state index is -0.447. The number of allylic oxidation sites excluding steroid dienone is 1. The first-order valence-electron chi connectivity index (χ1n) is 11.0. The molecule has 2 rings (SSSR count). The number of aliphatic hydroxyl groups is 1. The van der Waals surface area contributed by atoms with E-state index >= 15 is 0 Å². The zero-order valence-corrected chi connectivity index (χ0v) is 19.5. The molecule has 31 heavy (non-hydrogen) atoms. The van der Waals surface area contributed by atoms with Crippen molar-refractivity contribution in [1.82, 2.24) is 9.80 Å². The van der Waals surface area contributed by atoms with E-state index in [9.17, 15) is 9.59 Å². The number of aliphatic hydroxyl groups excluding tert-OH is 1. The number of nitrogens with zero attached hydrogens (tertiary/aromatic N) is 4. The van der Waals surface area contributed by atoms with E-state index in [-0.39, 0.29) is 19.1 Å². The van der Waals surface area contributed by atoms with Gasteiger partial charge in [0.05, 0.1) is 6.61 Å². The van der Waals surface area contributed by atoms with Crippen LogP contribution >= 0.6 is 0 Å². The quantitative estimate of drug-likeness (QED) is 0.371. The Balaban J connectivity index is 2.04. The third kappa shape index (κ3) is 6.50. The Morgan fingerprint density at radius 2 is 2.00 bits per heavy atom. The van der Waals surface area contributed by atoms with Crippen molar-refractivity contribution in [1.29, 1.82) is 0 Å². The van der Waals surface area contributed by atoms with Crippen LogP contribution in [0.5, 0.6) is 0 Å². The number of amides is 2. The van der Waals surface area contributed by atoms with Crippen LogP contribution in [0, 0.1) is 6.92 Å². The summed E-state index contributed by atoms with van der Waals surface area (Å²) in [5.74, 6) is 2.14. The second-order valence-electron chi connectivity index (χ2n) is 8.14. The second-order valence-corrected chi connectivity index (χ2v) is 8.14. The van der Waals surface area contributed by atoms with E-state index in [0.29, 0.717) is 25.1 Å². The van der Waals surface area contributed by atoms with Crippen LogP contribution in [0.25, 0.3) is 0 Å². The zero-order chi connectivity index (χ0) is 23.0. The van der Waals surface area contributed by atoms with Crippen LogP contribution in [0.4, 0.5) is 5.58 Å². The van der Waals surface area contributed by atoms with Crippen molar-refractivity contribution in [2.45, 2.75) is 47.2 Å². The Morgan fingerprint density at radius 1 is 1.32 bits per heavy atom. The van der Waals surface area contributed by atoms with E-state index < -0.39 is 6.17 Å². The first-order chi connectivity index (χ1) is 14.8. The molecule has 0 aliphatic carbocycles. The molecule has 1 aromatic heterocycles. The van der Waals surface area contributed by atoms with Crippen molar-refractivity contribution < 1.29 is 14.7 Å². The van der Waals surface area contributed by atoms with E-state index in [4.69, 9.17) is 5.11 Å². The van der Waals surface area contributed by atoms with Crippen LogP contribution in [0.15, 0.2) is 28.2 Å². The van der Waals surface area contributed by atoms with Gasteiger partial charge in [-0.15, -0.1) is 0 Å². The van der Waals surface area contributed by atoms with Crippen LogP contribution in [-0.2, 0) is 16.0 Å². The number of carbonyl (C=O) groups excluding carboxylic acids is 2. The van der Waals surface area contributed by atoms with Gasteiger partial charge in [0.25, 0.3) is 0 Å². The van der Waals surface area contributed by atoms with E-state index in [2.05, 4.69) is 42.7 Å². The second kappa shape index (κ2) is 11.8. The van der Waals surface area contributed by atoms with Crippen molar-refractivity contribution in [2.75, 3.05) is 44.2 Å². The van der Waals surface area contributed by atoms with E-state index in [1.165, 1.54) is 21.6 Å². The summed E-state index contributed by atoms with van der Waals surface area (Å²) in [7, 11) is 0. The van der Waals surface area contributed by atoms with Gasteiger partial charge in [-0.25, -0.2) is 0 Å². The molecule has 7 nitrogen and oxygen atoms in total. The number of anilines is 1. The Labute approximate surface area is 186 Å². The van der Waals surface area contributed by atoms with Crippen LogP contribution in [0.3, 0.4) is 0 Å². The van der Waals surface area contributed by atoms with Gasteiger partial charge in [0.1, 0.15) is 0 Å². The maximum atomic E-state index is 13.1. The maximum absolute atomic E-state index is 13.1. The number of carbonyl (C=O) groups is 2. The SMILES string of the molecule is CCc1cbc(N2CCN(C(=O)C(/C=N\C(C)N(C=O)CCO)=C(C)C)CC2)c(C)c1. The van der Waals surface area contributed by atoms with E-state index in [0.717, 1.165) is 25.1 Å². The third-order valence-electron chi connectivity index (χ3n) is 5.74. The van der Waals surface area contributed by atoms with Gasteiger partial charge < -0.3 is 5.11 Å². The van der Waals surface area contributed by atoms with E-state index in [1.807, 2.05) is 18.7 Å². The summed E-state index contributed by atoms with van der Waals surface area (Å²) in [6.45, 7) is 15.0. The van der Waals surface area contributed by atoms with Crippen LogP contribution in [-0.4, -0.2) is 85.8 Å². The molecular weight excluding hydrogens is 391 g/mol. The molecular formula is C23H35BN4O3. The number of aryl methyl sites for hydroxylation is 2. The molecule has 0 saturated carbocycles. The fourth-order valence-corrected chi connectivity index (χ4v) is 3.72. The average molecular weight is 426 g/mol. The summed E-state index contributed by atoms with van der Waals surface area (Å²) < 4.78 is 0. The Kier molecular flexibility index (Phi) is 9.43. The summed E-state index contributed by atoms with van der Waals surface area (Å²) >= 11 is 0. The molecule has 1 saturated heterocycles. The molecule has 2 amide bonds. The average Bonchev–Trinajstić information content (AvgIpc) is 2.77. The Bertz CT molecular complexity index is 828. The molecule has 0 spiro atoms. The number of piperazine rings is 1. The molecule has 1 unspecified atom stereocenters. The summed E-state index contributed by atoms with van der Waals surface area (Å²) in [4.78, 5) is 34.3. The minimum absolute atomic E-state index is 0.0338.